The summed E-state index contributed by atoms with van der Waals surface area (Å²) < 4.78 is 13.0. The molecule has 2 fully saturated rings. The van der Waals surface area contributed by atoms with Gasteiger partial charge in [-0.25, -0.2) is 24.3 Å². The van der Waals surface area contributed by atoms with E-state index in [1.807, 2.05) is 0 Å². The summed E-state index contributed by atoms with van der Waals surface area (Å²) in [6, 6.07) is 0.141. The van der Waals surface area contributed by atoms with E-state index in [0.29, 0.717) is 0 Å². The zero-order valence-corrected chi connectivity index (χ0v) is 21.7. The van der Waals surface area contributed by atoms with E-state index in [1.165, 1.54) is 50.8 Å². The normalized spacial score (nSPS) is 15.6. The van der Waals surface area contributed by atoms with Gasteiger partial charge in [0.25, 0.3) is 0 Å². The van der Waals surface area contributed by atoms with E-state index >= 15 is 0 Å². The number of nitrogens with one attached hydrogen (secondary N) is 1. The summed E-state index contributed by atoms with van der Waals surface area (Å²) >= 11 is 2.53. The van der Waals surface area contributed by atoms with Crippen molar-refractivity contribution in [3.63, 3.8) is 0 Å². The first kappa shape index (κ1) is 30.9. The van der Waals surface area contributed by atoms with Crippen molar-refractivity contribution in [3.8, 4) is 0 Å². The monoisotopic (exact) mass is 620 g/mol. The van der Waals surface area contributed by atoms with Gasteiger partial charge in [0, 0.05) is 28.5 Å². The zero-order chi connectivity index (χ0) is 25.6. The van der Waals surface area contributed by atoms with Crippen LogP contribution in [0.25, 0.3) is 12.4 Å². The summed E-state index contributed by atoms with van der Waals surface area (Å²) in [6.07, 6.45) is 14.6. The molecule has 14 nitrogen and oxygen atoms in total. The molecule has 0 bridgehead atoms. The van der Waals surface area contributed by atoms with Gasteiger partial charge in [-0.3, -0.25) is 0 Å². The number of aromatic amines is 1. The number of ether oxygens (including phenoxy) is 2. The fraction of sp³-hybridized carbons (Fsp3) is 0.619. The quantitative estimate of drug-likeness (QED) is 0.225. The Morgan fingerprint density at radius 1 is 0.889 bits per heavy atom. The number of hydrogen-bond donors (Lipinski definition) is 1. The SMILES string of the molecule is C.COC(=O)/C=C/n1nn[nH]c1=O.COC(=O)/C=C/n1nnn(C2CCCC2)c1=O.IC1CCCC1. The van der Waals surface area contributed by atoms with Crippen molar-refractivity contribution in [3.05, 3.63) is 33.1 Å². The first-order valence-electron chi connectivity index (χ1n) is 11.1. The van der Waals surface area contributed by atoms with Crippen LogP contribution in [0.3, 0.4) is 0 Å². The maximum absolute atomic E-state index is 11.9. The van der Waals surface area contributed by atoms with Crippen molar-refractivity contribution >= 4 is 46.9 Å². The Kier molecular flexibility index (Phi) is 14.2. The largest absolute Gasteiger partial charge is 0.466 e. The number of carbonyl (C=O) groups excluding carboxylic acids is 2. The highest BCUT2D eigenvalue weighted by molar-refractivity contribution is 14.1. The number of tetrazole rings is 2. The van der Waals surface area contributed by atoms with Crippen LogP contribution in [-0.4, -0.2) is 70.1 Å². The predicted octanol–water partition coefficient (Wildman–Crippen LogP) is 1.81. The first-order valence-corrected chi connectivity index (χ1v) is 12.3. The lowest BCUT2D eigenvalue weighted by atomic mass is 10.3. The molecule has 2 aliphatic rings. The van der Waals surface area contributed by atoms with Crippen molar-refractivity contribution < 1.29 is 19.1 Å². The molecule has 0 atom stereocenters. The van der Waals surface area contributed by atoms with Gasteiger partial charge in [-0.1, -0.05) is 55.7 Å². The van der Waals surface area contributed by atoms with Gasteiger partial charge in [0.15, 0.2) is 0 Å². The Labute approximate surface area is 221 Å². The number of H-pyrrole nitrogens is 1. The summed E-state index contributed by atoms with van der Waals surface area (Å²) in [5, 5.41) is 16.1. The summed E-state index contributed by atoms with van der Waals surface area (Å²) in [5.74, 6) is -1.10. The molecule has 1 N–H and O–H groups in total. The summed E-state index contributed by atoms with van der Waals surface area (Å²) in [5.41, 5.74) is -0.841. The lowest BCUT2D eigenvalue weighted by molar-refractivity contribution is -0.135. The van der Waals surface area contributed by atoms with Gasteiger partial charge in [-0.2, -0.15) is 14.0 Å². The number of carbonyl (C=O) groups is 2. The third-order valence-electron chi connectivity index (χ3n) is 5.18. The molecule has 0 aliphatic heterocycles. The van der Waals surface area contributed by atoms with E-state index in [-0.39, 0.29) is 19.2 Å². The number of nitrogens with zero attached hydrogens (tertiary/aromatic N) is 7. The standard InChI is InChI=1S/C10H14N4O3.C5H9I.C5H6N4O3.CH4/c1-17-9(15)6-7-13-10(16)14(12-11-13)8-4-2-3-5-8;6-5-3-1-2-4-5;1-12-4(10)2-3-9-5(11)6-7-8-9;/h6-8H,2-5H2,1H3;5H,1-4H2;2-3H,1H3,(H,6,8,11);1H4/b7-6+;;3-2+;. The number of halogens is 1. The fourth-order valence-corrected chi connectivity index (χ4v) is 4.20. The van der Waals surface area contributed by atoms with Gasteiger partial charge in [-0.15, -0.1) is 0 Å². The van der Waals surface area contributed by atoms with Crippen molar-refractivity contribution in [1.82, 2.24) is 40.0 Å². The van der Waals surface area contributed by atoms with Crippen molar-refractivity contribution in [2.45, 2.75) is 68.8 Å². The van der Waals surface area contributed by atoms with E-state index in [4.69, 9.17) is 0 Å². The van der Waals surface area contributed by atoms with Gasteiger partial charge in [0.2, 0.25) is 0 Å². The molecule has 0 radical (unpaired) electrons. The highest BCUT2D eigenvalue weighted by Gasteiger charge is 2.21. The van der Waals surface area contributed by atoms with Crippen molar-refractivity contribution in [2.75, 3.05) is 14.2 Å². The van der Waals surface area contributed by atoms with E-state index in [9.17, 15) is 19.2 Å². The zero-order valence-electron chi connectivity index (χ0n) is 19.6. The molecular weight excluding hydrogens is 587 g/mol. The second-order valence-electron chi connectivity index (χ2n) is 7.60. The number of methoxy groups -OCH3 is 2. The number of aromatic nitrogens is 8. The molecule has 0 amide bonds. The van der Waals surface area contributed by atoms with Crippen LogP contribution in [0.4, 0.5) is 0 Å². The summed E-state index contributed by atoms with van der Waals surface area (Å²) in [6.45, 7) is 0. The van der Waals surface area contributed by atoms with Crippen LogP contribution < -0.4 is 11.4 Å². The van der Waals surface area contributed by atoms with Crippen LogP contribution in [0.1, 0.15) is 64.8 Å². The fourth-order valence-electron chi connectivity index (χ4n) is 3.32. The highest BCUT2D eigenvalue weighted by atomic mass is 127. The minimum Gasteiger partial charge on any atom is -0.466 e. The number of alkyl halides is 1. The molecule has 2 saturated carbocycles. The van der Waals surface area contributed by atoms with E-state index in [0.717, 1.165) is 57.3 Å². The molecule has 36 heavy (non-hydrogen) atoms. The molecule has 15 heteroatoms. The van der Waals surface area contributed by atoms with E-state index < -0.39 is 17.6 Å². The third kappa shape index (κ3) is 10.2. The van der Waals surface area contributed by atoms with Gasteiger partial charge < -0.3 is 9.47 Å². The molecular formula is C21H33IN8O6. The minimum atomic E-state index is -0.565. The topological polar surface area (TPSA) is 169 Å². The van der Waals surface area contributed by atoms with Gasteiger partial charge in [0.05, 0.1) is 20.3 Å². The van der Waals surface area contributed by atoms with E-state index in [2.05, 4.69) is 58.0 Å². The predicted molar refractivity (Wildman–Crippen MR) is 140 cm³/mol. The lowest BCUT2D eigenvalue weighted by Crippen LogP contribution is -2.25. The lowest BCUT2D eigenvalue weighted by Gasteiger charge is -2.04. The summed E-state index contributed by atoms with van der Waals surface area (Å²) in [4.78, 5) is 44.0. The second kappa shape index (κ2) is 16.5. The van der Waals surface area contributed by atoms with Crippen LogP contribution in [0.5, 0.6) is 0 Å². The van der Waals surface area contributed by atoms with Crippen molar-refractivity contribution in [2.24, 2.45) is 0 Å². The molecule has 2 heterocycles. The molecule has 0 aromatic carbocycles. The van der Waals surface area contributed by atoms with Gasteiger partial charge >= 0.3 is 23.3 Å². The summed E-state index contributed by atoms with van der Waals surface area (Å²) in [7, 11) is 2.50. The Morgan fingerprint density at radius 3 is 1.86 bits per heavy atom. The Balaban J connectivity index is 0.000000297. The molecule has 2 aliphatic carbocycles. The Bertz CT molecular complexity index is 1110. The molecule has 2 aromatic heterocycles. The first-order chi connectivity index (χ1) is 16.8. The molecule has 4 rings (SSSR count). The average Bonchev–Trinajstić information content (AvgIpc) is 3.67. The smallest absolute Gasteiger partial charge is 0.368 e. The van der Waals surface area contributed by atoms with Crippen LogP contribution in [0.15, 0.2) is 21.7 Å². The number of esters is 2. The second-order valence-corrected chi connectivity index (χ2v) is 9.36. The van der Waals surface area contributed by atoms with Crippen LogP contribution in [0.2, 0.25) is 0 Å². The van der Waals surface area contributed by atoms with Gasteiger partial charge in [0.1, 0.15) is 0 Å². The molecule has 0 saturated heterocycles. The number of hydrogen-bond acceptors (Lipinski definition) is 10. The Hall–Kier alpha value is -3.11. The van der Waals surface area contributed by atoms with Crippen molar-refractivity contribution in [1.29, 1.82) is 0 Å². The van der Waals surface area contributed by atoms with Crippen LogP contribution >= 0.6 is 22.6 Å². The van der Waals surface area contributed by atoms with Crippen LogP contribution in [-0.2, 0) is 19.1 Å². The average molecular weight is 620 g/mol. The molecule has 2 aromatic rings. The maximum Gasteiger partial charge on any atom is 0.368 e. The molecule has 0 spiro atoms. The van der Waals surface area contributed by atoms with Gasteiger partial charge in [-0.05, 0) is 46.5 Å². The maximum atomic E-state index is 11.9. The third-order valence-corrected chi connectivity index (χ3v) is 6.43. The Morgan fingerprint density at radius 2 is 1.42 bits per heavy atom. The van der Waals surface area contributed by atoms with E-state index in [1.54, 1.807) is 0 Å². The highest BCUT2D eigenvalue weighted by Crippen LogP contribution is 2.27. The molecule has 200 valence electrons. The number of rotatable bonds is 5. The van der Waals surface area contributed by atoms with Crippen LogP contribution in [0, 0.1) is 0 Å². The molecule has 0 unspecified atom stereocenters. The minimum absolute atomic E-state index is 0.